The largest absolute Gasteiger partial charge is 0.373 e. The Morgan fingerprint density at radius 2 is 2.24 bits per heavy atom. The van der Waals surface area contributed by atoms with Gasteiger partial charge < -0.3 is 5.32 Å². The molecule has 2 aromatic heterocycles. The molecule has 0 bridgehead atoms. The first-order valence-corrected chi connectivity index (χ1v) is 4.96. The second-order valence-electron chi connectivity index (χ2n) is 3.51. The van der Waals surface area contributed by atoms with Crippen LogP contribution in [0.5, 0.6) is 0 Å². The Kier molecular flexibility index (Phi) is 2.73. The van der Waals surface area contributed by atoms with Crippen LogP contribution >= 0.6 is 0 Å². The predicted octanol–water partition coefficient (Wildman–Crippen LogP) is 1.53. The average molecular weight is 233 g/mol. The molecule has 0 aliphatic carbocycles. The molecule has 0 unspecified atom stereocenters. The Morgan fingerprint density at radius 1 is 1.47 bits per heavy atom. The van der Waals surface area contributed by atoms with Crippen molar-refractivity contribution in [2.24, 2.45) is 0 Å². The molecular formula is C10H11N5O2. The van der Waals surface area contributed by atoms with E-state index >= 15 is 0 Å². The normalized spacial score (nSPS) is 10.2. The highest BCUT2D eigenvalue weighted by Crippen LogP contribution is 2.22. The second kappa shape index (κ2) is 4.20. The summed E-state index contributed by atoms with van der Waals surface area (Å²) in [5.74, 6) is 0.758. The molecule has 7 heteroatoms. The number of hydrogen-bond acceptors (Lipinski definition) is 5. The van der Waals surface area contributed by atoms with Gasteiger partial charge in [-0.1, -0.05) is 0 Å². The number of rotatable bonds is 3. The summed E-state index contributed by atoms with van der Waals surface area (Å²) in [5, 5.41) is 17.8. The summed E-state index contributed by atoms with van der Waals surface area (Å²) >= 11 is 0. The zero-order chi connectivity index (χ0) is 12.4. The maximum absolute atomic E-state index is 10.9. The molecule has 0 aliphatic rings. The molecule has 0 saturated carbocycles. The summed E-state index contributed by atoms with van der Waals surface area (Å²) in [7, 11) is 1.70. The third-order valence-electron chi connectivity index (χ3n) is 2.24. The topological polar surface area (TPSA) is 85.9 Å². The smallest absolute Gasteiger partial charge is 0.313 e. The molecule has 1 N–H and O–H groups in total. The van der Waals surface area contributed by atoms with Crippen LogP contribution in [0.3, 0.4) is 0 Å². The predicted molar refractivity (Wildman–Crippen MR) is 62.3 cm³/mol. The molecule has 2 rings (SSSR count). The third-order valence-corrected chi connectivity index (χ3v) is 2.24. The lowest BCUT2D eigenvalue weighted by molar-refractivity contribution is -0.384. The van der Waals surface area contributed by atoms with Gasteiger partial charge in [0, 0.05) is 19.3 Å². The van der Waals surface area contributed by atoms with Crippen LogP contribution in [0.2, 0.25) is 0 Å². The summed E-state index contributed by atoms with van der Waals surface area (Å²) in [6.07, 6.45) is 3.31. The first kappa shape index (κ1) is 11.1. The molecule has 2 aromatic rings. The molecule has 88 valence electrons. The van der Waals surface area contributed by atoms with E-state index in [2.05, 4.69) is 15.4 Å². The van der Waals surface area contributed by atoms with Crippen molar-refractivity contribution in [3.05, 3.63) is 40.2 Å². The summed E-state index contributed by atoms with van der Waals surface area (Å²) < 4.78 is 1.40. The standard InChI is InChI=1S/C10H11N5O2/c1-7-5-12-14(6-7)10-8(15(16)17)3-4-9(11-2)13-10/h3-6H,1-2H3,(H,11,13). The molecule has 0 spiro atoms. The fourth-order valence-electron chi connectivity index (χ4n) is 1.42. The summed E-state index contributed by atoms with van der Waals surface area (Å²) in [6, 6.07) is 2.96. The molecule has 2 heterocycles. The summed E-state index contributed by atoms with van der Waals surface area (Å²) in [4.78, 5) is 14.6. The number of nitro groups is 1. The van der Waals surface area contributed by atoms with Gasteiger partial charge in [0.25, 0.3) is 0 Å². The first-order chi connectivity index (χ1) is 8.11. The highest BCUT2D eigenvalue weighted by atomic mass is 16.6. The molecule has 0 radical (unpaired) electrons. The Balaban J connectivity index is 2.60. The van der Waals surface area contributed by atoms with Gasteiger partial charge in [-0.3, -0.25) is 10.1 Å². The van der Waals surface area contributed by atoms with E-state index in [1.807, 2.05) is 6.92 Å². The van der Waals surface area contributed by atoms with Gasteiger partial charge in [0.05, 0.1) is 11.1 Å². The fraction of sp³-hybridized carbons (Fsp3) is 0.200. The zero-order valence-corrected chi connectivity index (χ0v) is 9.41. The van der Waals surface area contributed by atoms with Gasteiger partial charge in [0.2, 0.25) is 5.82 Å². The van der Waals surface area contributed by atoms with E-state index in [4.69, 9.17) is 0 Å². The fourth-order valence-corrected chi connectivity index (χ4v) is 1.42. The van der Waals surface area contributed by atoms with E-state index < -0.39 is 4.92 Å². The Labute approximate surface area is 97.2 Å². The second-order valence-corrected chi connectivity index (χ2v) is 3.51. The van der Waals surface area contributed by atoms with Crippen LogP contribution < -0.4 is 5.32 Å². The first-order valence-electron chi connectivity index (χ1n) is 4.96. The van der Waals surface area contributed by atoms with Crippen LogP contribution in [0.25, 0.3) is 5.82 Å². The lowest BCUT2D eigenvalue weighted by atomic mass is 10.3. The van der Waals surface area contributed by atoms with Gasteiger partial charge in [-0.2, -0.15) is 5.10 Å². The van der Waals surface area contributed by atoms with E-state index in [1.54, 1.807) is 25.5 Å². The SMILES string of the molecule is CNc1ccc([N+](=O)[O-])c(-n2cc(C)cn2)n1. The molecule has 0 aromatic carbocycles. The minimum Gasteiger partial charge on any atom is -0.373 e. The van der Waals surface area contributed by atoms with Crippen LogP contribution in [0.15, 0.2) is 24.5 Å². The number of hydrogen-bond donors (Lipinski definition) is 1. The molecule has 17 heavy (non-hydrogen) atoms. The molecule has 7 nitrogen and oxygen atoms in total. The van der Waals surface area contributed by atoms with Crippen LogP contribution in [0.1, 0.15) is 5.56 Å². The number of anilines is 1. The van der Waals surface area contributed by atoms with Crippen molar-refractivity contribution in [2.75, 3.05) is 12.4 Å². The molecule has 0 aliphatic heterocycles. The average Bonchev–Trinajstić information content (AvgIpc) is 2.75. The van der Waals surface area contributed by atoms with Crippen LogP contribution in [0.4, 0.5) is 11.5 Å². The van der Waals surface area contributed by atoms with Gasteiger partial charge in [0.15, 0.2) is 0 Å². The van der Waals surface area contributed by atoms with E-state index in [9.17, 15) is 10.1 Å². The van der Waals surface area contributed by atoms with Crippen molar-refractivity contribution in [1.82, 2.24) is 14.8 Å². The minimum atomic E-state index is -0.473. The van der Waals surface area contributed by atoms with Crippen molar-refractivity contribution >= 4 is 11.5 Å². The molecule has 0 saturated heterocycles. The number of nitrogens with zero attached hydrogens (tertiary/aromatic N) is 4. The van der Waals surface area contributed by atoms with Crippen LogP contribution in [0, 0.1) is 17.0 Å². The number of pyridine rings is 1. The minimum absolute atomic E-state index is 0.0768. The van der Waals surface area contributed by atoms with E-state index in [0.717, 1.165) is 5.56 Å². The van der Waals surface area contributed by atoms with E-state index in [-0.39, 0.29) is 11.5 Å². The number of aromatic nitrogens is 3. The molecular weight excluding hydrogens is 222 g/mol. The summed E-state index contributed by atoms with van der Waals surface area (Å²) in [6.45, 7) is 1.86. The van der Waals surface area contributed by atoms with E-state index in [0.29, 0.717) is 5.82 Å². The Morgan fingerprint density at radius 3 is 2.76 bits per heavy atom. The number of aryl methyl sites for hydroxylation is 1. The Bertz CT molecular complexity index is 564. The van der Waals surface area contributed by atoms with Crippen molar-refractivity contribution in [3.8, 4) is 5.82 Å². The monoisotopic (exact) mass is 233 g/mol. The van der Waals surface area contributed by atoms with Crippen LogP contribution in [-0.2, 0) is 0 Å². The molecule has 0 amide bonds. The van der Waals surface area contributed by atoms with Crippen molar-refractivity contribution in [1.29, 1.82) is 0 Å². The van der Waals surface area contributed by atoms with E-state index in [1.165, 1.54) is 10.7 Å². The lowest BCUT2D eigenvalue weighted by Crippen LogP contribution is -2.05. The maximum atomic E-state index is 10.9. The third kappa shape index (κ3) is 2.07. The quantitative estimate of drug-likeness (QED) is 0.641. The van der Waals surface area contributed by atoms with Gasteiger partial charge in [-0.25, -0.2) is 9.67 Å². The van der Waals surface area contributed by atoms with Gasteiger partial charge in [-0.15, -0.1) is 0 Å². The van der Waals surface area contributed by atoms with Gasteiger partial charge in [-0.05, 0) is 18.6 Å². The number of nitrogens with one attached hydrogen (secondary N) is 1. The Hall–Kier alpha value is -2.44. The van der Waals surface area contributed by atoms with Crippen molar-refractivity contribution in [2.45, 2.75) is 6.92 Å². The lowest BCUT2D eigenvalue weighted by Gasteiger charge is -2.04. The highest BCUT2D eigenvalue weighted by Gasteiger charge is 2.18. The van der Waals surface area contributed by atoms with Crippen molar-refractivity contribution < 1.29 is 4.92 Å². The summed E-state index contributed by atoms with van der Waals surface area (Å²) in [5.41, 5.74) is 0.836. The zero-order valence-electron chi connectivity index (χ0n) is 9.41. The van der Waals surface area contributed by atoms with Crippen LogP contribution in [-0.4, -0.2) is 26.7 Å². The van der Waals surface area contributed by atoms with Gasteiger partial charge in [0.1, 0.15) is 5.82 Å². The highest BCUT2D eigenvalue weighted by molar-refractivity contribution is 5.52. The van der Waals surface area contributed by atoms with Crippen molar-refractivity contribution in [3.63, 3.8) is 0 Å². The molecule has 0 fully saturated rings. The maximum Gasteiger partial charge on any atom is 0.313 e. The van der Waals surface area contributed by atoms with Gasteiger partial charge >= 0.3 is 5.69 Å². The molecule has 0 atom stereocenters.